The van der Waals surface area contributed by atoms with Crippen molar-refractivity contribution in [3.63, 3.8) is 0 Å². The summed E-state index contributed by atoms with van der Waals surface area (Å²) in [6.45, 7) is 8.53. The van der Waals surface area contributed by atoms with E-state index in [4.69, 9.17) is 4.74 Å². The Labute approximate surface area is 111 Å². The molecule has 0 fully saturated rings. The minimum absolute atomic E-state index is 0. The van der Waals surface area contributed by atoms with Crippen LogP contribution in [-0.2, 0) is 0 Å². The van der Waals surface area contributed by atoms with E-state index in [9.17, 15) is 0 Å². The van der Waals surface area contributed by atoms with Crippen molar-refractivity contribution in [1.82, 2.24) is 4.90 Å². The van der Waals surface area contributed by atoms with E-state index < -0.39 is 0 Å². The standard InChI is InChI=1S/C14H23NO.ClH/c1-14(2,3)15(4)11-8-12-16-13-9-6-5-7-10-13;/h5-7,9-10H,8,11-12H2,1-4H3;1H. The minimum atomic E-state index is 0. The van der Waals surface area contributed by atoms with Gasteiger partial charge in [-0.15, -0.1) is 12.4 Å². The summed E-state index contributed by atoms with van der Waals surface area (Å²) in [6.07, 6.45) is 1.06. The molecule has 0 spiro atoms. The van der Waals surface area contributed by atoms with Gasteiger partial charge in [0.1, 0.15) is 5.75 Å². The molecule has 0 aliphatic carbocycles. The SMILES string of the molecule is CN(CCCOc1ccccc1)C(C)(C)C.Cl. The first-order valence-corrected chi connectivity index (χ1v) is 5.89. The molecule has 0 amide bonds. The summed E-state index contributed by atoms with van der Waals surface area (Å²) in [7, 11) is 2.16. The molecule has 0 heterocycles. The van der Waals surface area contributed by atoms with Crippen LogP contribution in [0.3, 0.4) is 0 Å². The first-order chi connectivity index (χ1) is 7.50. The number of para-hydroxylation sites is 1. The first-order valence-electron chi connectivity index (χ1n) is 5.89. The summed E-state index contributed by atoms with van der Waals surface area (Å²) < 4.78 is 5.64. The number of hydrogen-bond donors (Lipinski definition) is 0. The molecule has 1 aromatic carbocycles. The number of nitrogens with zero attached hydrogens (tertiary/aromatic N) is 1. The Balaban J connectivity index is 0.00000256. The second kappa shape index (κ2) is 7.57. The molecule has 0 radical (unpaired) electrons. The second-order valence-electron chi connectivity index (χ2n) is 5.11. The Kier molecular flexibility index (Phi) is 7.24. The van der Waals surface area contributed by atoms with E-state index in [2.05, 4.69) is 32.7 Å². The molecule has 0 unspecified atom stereocenters. The van der Waals surface area contributed by atoms with Crippen molar-refractivity contribution in [2.75, 3.05) is 20.2 Å². The maximum Gasteiger partial charge on any atom is 0.119 e. The van der Waals surface area contributed by atoms with Crippen LogP contribution >= 0.6 is 12.4 Å². The van der Waals surface area contributed by atoms with Crippen molar-refractivity contribution >= 4 is 12.4 Å². The molecule has 3 heteroatoms. The molecule has 0 bridgehead atoms. The van der Waals surface area contributed by atoms with Crippen molar-refractivity contribution in [3.05, 3.63) is 30.3 Å². The van der Waals surface area contributed by atoms with Gasteiger partial charge in [-0.05, 0) is 46.4 Å². The predicted molar refractivity (Wildman–Crippen MR) is 76.2 cm³/mol. The van der Waals surface area contributed by atoms with Crippen molar-refractivity contribution in [1.29, 1.82) is 0 Å². The zero-order valence-electron chi connectivity index (χ0n) is 11.3. The average Bonchev–Trinajstić information content (AvgIpc) is 2.24. The van der Waals surface area contributed by atoms with Gasteiger partial charge >= 0.3 is 0 Å². The maximum absolute atomic E-state index is 5.64. The lowest BCUT2D eigenvalue weighted by molar-refractivity contribution is 0.161. The van der Waals surface area contributed by atoms with Gasteiger partial charge in [0.05, 0.1) is 6.61 Å². The van der Waals surface area contributed by atoms with E-state index in [0.717, 1.165) is 25.3 Å². The molecular formula is C14H24ClNO. The molecule has 0 aliphatic heterocycles. The highest BCUT2D eigenvalue weighted by Crippen LogP contribution is 2.11. The molecule has 17 heavy (non-hydrogen) atoms. The Hall–Kier alpha value is -0.730. The molecule has 1 aromatic rings. The van der Waals surface area contributed by atoms with Gasteiger partial charge in [0, 0.05) is 12.1 Å². The molecule has 1 rings (SSSR count). The highest BCUT2D eigenvalue weighted by molar-refractivity contribution is 5.85. The second-order valence-corrected chi connectivity index (χ2v) is 5.11. The molecule has 0 saturated carbocycles. The molecule has 0 aliphatic rings. The van der Waals surface area contributed by atoms with Gasteiger partial charge in [-0.25, -0.2) is 0 Å². The van der Waals surface area contributed by atoms with Crippen LogP contribution in [0, 0.1) is 0 Å². The fourth-order valence-electron chi connectivity index (χ4n) is 1.34. The van der Waals surface area contributed by atoms with Crippen molar-refractivity contribution in [3.8, 4) is 5.75 Å². The Morgan fingerprint density at radius 3 is 2.24 bits per heavy atom. The summed E-state index contributed by atoms with van der Waals surface area (Å²) in [6, 6.07) is 9.98. The van der Waals surface area contributed by atoms with Gasteiger partial charge in [0.15, 0.2) is 0 Å². The lowest BCUT2D eigenvalue weighted by Gasteiger charge is -2.31. The highest BCUT2D eigenvalue weighted by atomic mass is 35.5. The van der Waals surface area contributed by atoms with Gasteiger partial charge in [0.25, 0.3) is 0 Å². The molecular weight excluding hydrogens is 234 g/mol. The van der Waals surface area contributed by atoms with E-state index in [0.29, 0.717) is 0 Å². The van der Waals surface area contributed by atoms with E-state index in [1.807, 2.05) is 30.3 Å². The van der Waals surface area contributed by atoms with Gasteiger partial charge in [-0.3, -0.25) is 0 Å². The summed E-state index contributed by atoms with van der Waals surface area (Å²) in [5.41, 5.74) is 0.243. The average molecular weight is 258 g/mol. The monoisotopic (exact) mass is 257 g/mol. The molecule has 0 aromatic heterocycles. The summed E-state index contributed by atoms with van der Waals surface area (Å²) >= 11 is 0. The molecule has 0 atom stereocenters. The highest BCUT2D eigenvalue weighted by Gasteiger charge is 2.15. The van der Waals surface area contributed by atoms with Gasteiger partial charge in [-0.1, -0.05) is 18.2 Å². The fraction of sp³-hybridized carbons (Fsp3) is 0.571. The van der Waals surface area contributed by atoms with Crippen molar-refractivity contribution < 1.29 is 4.74 Å². The molecule has 98 valence electrons. The van der Waals surface area contributed by atoms with E-state index in [1.54, 1.807) is 0 Å². The zero-order valence-corrected chi connectivity index (χ0v) is 12.1. The number of ether oxygens (including phenoxy) is 1. The van der Waals surface area contributed by atoms with Crippen LogP contribution in [0.15, 0.2) is 30.3 Å². The summed E-state index contributed by atoms with van der Waals surface area (Å²) in [5, 5.41) is 0. The summed E-state index contributed by atoms with van der Waals surface area (Å²) in [5.74, 6) is 0.959. The Bertz CT molecular complexity index is 295. The third-order valence-electron chi connectivity index (χ3n) is 2.79. The van der Waals surface area contributed by atoms with Crippen molar-refractivity contribution in [2.24, 2.45) is 0 Å². The number of benzene rings is 1. The minimum Gasteiger partial charge on any atom is -0.494 e. The number of halogens is 1. The quantitative estimate of drug-likeness (QED) is 0.748. The Morgan fingerprint density at radius 2 is 1.71 bits per heavy atom. The number of hydrogen-bond acceptors (Lipinski definition) is 2. The number of rotatable bonds is 5. The van der Waals surface area contributed by atoms with Crippen LogP contribution in [0.5, 0.6) is 5.75 Å². The van der Waals surface area contributed by atoms with Crippen LogP contribution in [0.4, 0.5) is 0 Å². The molecule has 0 N–H and O–H groups in total. The van der Waals surface area contributed by atoms with Crippen LogP contribution in [0.25, 0.3) is 0 Å². The maximum atomic E-state index is 5.64. The third kappa shape index (κ3) is 6.54. The van der Waals surface area contributed by atoms with Crippen LogP contribution in [0.2, 0.25) is 0 Å². The molecule has 0 saturated heterocycles. The lowest BCUT2D eigenvalue weighted by Crippen LogP contribution is -2.39. The topological polar surface area (TPSA) is 12.5 Å². The normalized spacial score (nSPS) is 11.1. The van der Waals surface area contributed by atoms with E-state index in [-0.39, 0.29) is 17.9 Å². The van der Waals surface area contributed by atoms with Crippen molar-refractivity contribution in [2.45, 2.75) is 32.7 Å². The first kappa shape index (κ1) is 16.3. The lowest BCUT2D eigenvalue weighted by atomic mass is 10.1. The van der Waals surface area contributed by atoms with Gasteiger partial charge in [0.2, 0.25) is 0 Å². The zero-order chi connectivity index (χ0) is 12.0. The van der Waals surface area contributed by atoms with E-state index in [1.165, 1.54) is 0 Å². The van der Waals surface area contributed by atoms with Crippen LogP contribution in [-0.4, -0.2) is 30.6 Å². The molecule has 2 nitrogen and oxygen atoms in total. The Morgan fingerprint density at radius 1 is 1.12 bits per heavy atom. The summed E-state index contributed by atoms with van der Waals surface area (Å²) in [4.78, 5) is 2.35. The van der Waals surface area contributed by atoms with Crippen LogP contribution in [0.1, 0.15) is 27.2 Å². The van der Waals surface area contributed by atoms with Gasteiger partial charge < -0.3 is 9.64 Å². The third-order valence-corrected chi connectivity index (χ3v) is 2.79. The van der Waals surface area contributed by atoms with Crippen LogP contribution < -0.4 is 4.74 Å². The fourth-order valence-corrected chi connectivity index (χ4v) is 1.34. The van der Waals surface area contributed by atoms with E-state index >= 15 is 0 Å². The van der Waals surface area contributed by atoms with Gasteiger partial charge in [-0.2, -0.15) is 0 Å². The smallest absolute Gasteiger partial charge is 0.119 e. The largest absolute Gasteiger partial charge is 0.494 e. The predicted octanol–water partition coefficient (Wildman–Crippen LogP) is 3.61.